The summed E-state index contributed by atoms with van der Waals surface area (Å²) >= 11 is 0. The maximum Gasteiger partial charge on any atom is 0.294 e. The Morgan fingerprint density at radius 3 is 2.41 bits per heavy atom. The van der Waals surface area contributed by atoms with Crippen LogP contribution in [0.3, 0.4) is 0 Å². The molecule has 1 unspecified atom stereocenters. The topological polar surface area (TPSA) is 137 Å². The van der Waals surface area contributed by atoms with Gasteiger partial charge in [-0.25, -0.2) is 4.98 Å². The molecule has 0 saturated heterocycles. The zero-order chi connectivity index (χ0) is 15.8. The van der Waals surface area contributed by atoms with Gasteiger partial charge < -0.3 is 4.98 Å². The summed E-state index contributed by atoms with van der Waals surface area (Å²) in [7, 11) is -8.38. The van der Waals surface area contributed by atoms with Crippen molar-refractivity contribution in [3.63, 3.8) is 0 Å². The van der Waals surface area contributed by atoms with E-state index in [0.29, 0.717) is 16.9 Å². The minimum Gasteiger partial charge on any atom is -0.342 e. The maximum absolute atomic E-state index is 11.0. The Labute approximate surface area is 150 Å². The van der Waals surface area contributed by atoms with Crippen LogP contribution in [0.1, 0.15) is 19.2 Å². The molecule has 3 N–H and O–H groups in total. The second-order valence-electron chi connectivity index (χ2n) is 4.70. The predicted octanol–water partition coefficient (Wildman–Crippen LogP) is 0.638. The zero-order valence-corrected chi connectivity index (χ0v) is 15.6. The summed E-state index contributed by atoms with van der Waals surface area (Å²) in [5.41, 5.74) is 0.913. The molecule has 1 radical (unpaired) electrons. The van der Waals surface area contributed by atoms with Crippen molar-refractivity contribution in [3.8, 4) is 0 Å². The van der Waals surface area contributed by atoms with E-state index in [1.165, 1.54) is 25.1 Å². The van der Waals surface area contributed by atoms with Crippen LogP contribution in [0, 0.1) is 0 Å². The largest absolute Gasteiger partial charge is 0.342 e. The Hall–Kier alpha value is -0.490. The van der Waals surface area contributed by atoms with Gasteiger partial charge in [-0.2, -0.15) is 16.8 Å². The number of nitrogens with one attached hydrogen (secondary N) is 1. The van der Waals surface area contributed by atoms with Gasteiger partial charge in [0.2, 0.25) is 0 Å². The summed E-state index contributed by atoms with van der Waals surface area (Å²) in [4.78, 5) is 6.79. The number of aromatic amines is 1. The third kappa shape index (κ3) is 4.75. The van der Waals surface area contributed by atoms with Gasteiger partial charge in [-0.3, -0.25) is 9.11 Å². The van der Waals surface area contributed by atoms with Gasteiger partial charge in [0.15, 0.2) is 0 Å². The fourth-order valence-electron chi connectivity index (χ4n) is 1.81. The van der Waals surface area contributed by atoms with E-state index in [1.54, 1.807) is 0 Å². The Balaban J connectivity index is 0.00000242. The molecule has 0 amide bonds. The molecule has 0 spiro atoms. The standard InChI is InChI=1S/C11H14N2O6S2.Na/c1-7(20(14,15)16)2-5-11-12-9-4-3-8(21(17,18)19)6-10(9)13-11;/h3-4,6-7H,2,5H2,1H3,(H,12,13)(H,14,15,16)(H,17,18,19);. The number of aromatic nitrogens is 2. The summed E-state index contributed by atoms with van der Waals surface area (Å²) in [6.45, 7) is 1.38. The number of hydrogen-bond donors (Lipinski definition) is 3. The summed E-state index contributed by atoms with van der Waals surface area (Å²) in [5.74, 6) is 0.466. The van der Waals surface area contributed by atoms with Crippen molar-refractivity contribution < 1.29 is 25.9 Å². The monoisotopic (exact) mass is 357 g/mol. The molecule has 11 heteroatoms. The molecule has 1 heterocycles. The molecule has 0 fully saturated rings. The molecule has 8 nitrogen and oxygen atoms in total. The van der Waals surface area contributed by atoms with E-state index >= 15 is 0 Å². The fraction of sp³-hybridized carbons (Fsp3) is 0.364. The van der Waals surface area contributed by atoms with Crippen molar-refractivity contribution in [3.05, 3.63) is 24.0 Å². The summed E-state index contributed by atoms with van der Waals surface area (Å²) < 4.78 is 61.7. The minimum absolute atomic E-state index is 0. The Kier molecular flexibility index (Phi) is 6.18. The number of fused-ring (bicyclic) bond motifs is 1. The third-order valence-electron chi connectivity index (χ3n) is 3.10. The molecule has 22 heavy (non-hydrogen) atoms. The van der Waals surface area contributed by atoms with Gasteiger partial charge in [-0.05, 0) is 31.5 Å². The number of nitrogens with zero attached hydrogens (tertiary/aromatic N) is 1. The van der Waals surface area contributed by atoms with Gasteiger partial charge in [-0.15, -0.1) is 0 Å². The maximum atomic E-state index is 11.0. The number of rotatable bonds is 5. The van der Waals surface area contributed by atoms with Crippen LogP contribution in [0.25, 0.3) is 11.0 Å². The molecular weight excluding hydrogens is 343 g/mol. The van der Waals surface area contributed by atoms with Gasteiger partial charge in [0.05, 0.1) is 21.2 Å². The van der Waals surface area contributed by atoms with Crippen LogP contribution in [0.4, 0.5) is 0 Å². The molecule has 2 aromatic rings. The van der Waals surface area contributed by atoms with Crippen molar-refractivity contribution in [2.75, 3.05) is 0 Å². The van der Waals surface area contributed by atoms with Crippen LogP contribution in [-0.4, -0.2) is 70.7 Å². The quantitative estimate of drug-likeness (QED) is 0.527. The van der Waals surface area contributed by atoms with Gasteiger partial charge in [0.25, 0.3) is 20.2 Å². The number of H-pyrrole nitrogens is 1. The predicted molar refractivity (Wildman–Crippen MR) is 81.0 cm³/mol. The van der Waals surface area contributed by atoms with E-state index in [0.717, 1.165) is 0 Å². The molecule has 0 aliphatic carbocycles. The smallest absolute Gasteiger partial charge is 0.294 e. The van der Waals surface area contributed by atoms with Crippen LogP contribution in [0.5, 0.6) is 0 Å². The van der Waals surface area contributed by atoms with E-state index < -0.39 is 25.5 Å². The first-order chi connectivity index (χ1) is 9.57. The van der Waals surface area contributed by atoms with Crippen molar-refractivity contribution in [2.45, 2.75) is 29.9 Å². The molecule has 0 aliphatic heterocycles. The second kappa shape index (κ2) is 6.95. The van der Waals surface area contributed by atoms with Crippen LogP contribution in [0.15, 0.2) is 23.1 Å². The van der Waals surface area contributed by atoms with Crippen LogP contribution >= 0.6 is 0 Å². The van der Waals surface area contributed by atoms with Gasteiger partial charge >= 0.3 is 0 Å². The van der Waals surface area contributed by atoms with Crippen molar-refractivity contribution in [1.29, 1.82) is 0 Å². The summed E-state index contributed by atoms with van der Waals surface area (Å²) in [6, 6.07) is 3.92. The van der Waals surface area contributed by atoms with E-state index in [4.69, 9.17) is 9.11 Å². The molecule has 0 saturated carbocycles. The second-order valence-corrected chi connectivity index (χ2v) is 7.96. The van der Waals surface area contributed by atoms with Gasteiger partial charge in [0, 0.05) is 36.0 Å². The number of benzene rings is 1. The SMILES string of the molecule is CC(CCc1nc2cc(S(=O)(=O)O)ccc2[nH]1)S(=O)(=O)O.[Na]. The number of hydrogen-bond acceptors (Lipinski definition) is 5. The van der Waals surface area contributed by atoms with Crippen molar-refractivity contribution >= 4 is 60.8 Å². The van der Waals surface area contributed by atoms with E-state index in [9.17, 15) is 16.8 Å². The van der Waals surface area contributed by atoms with E-state index in [2.05, 4.69) is 9.97 Å². The molecule has 0 aliphatic rings. The number of aryl methyl sites for hydroxylation is 1. The third-order valence-corrected chi connectivity index (χ3v) is 5.20. The molecule has 1 aromatic heterocycles. The average Bonchev–Trinajstić information content (AvgIpc) is 2.75. The van der Waals surface area contributed by atoms with Crippen LogP contribution in [-0.2, 0) is 26.7 Å². The van der Waals surface area contributed by atoms with Gasteiger partial charge in [0.1, 0.15) is 5.82 Å². The Morgan fingerprint density at radius 1 is 1.23 bits per heavy atom. The van der Waals surface area contributed by atoms with Crippen molar-refractivity contribution in [2.24, 2.45) is 0 Å². The normalized spacial score (nSPS) is 13.8. The Morgan fingerprint density at radius 2 is 1.86 bits per heavy atom. The van der Waals surface area contributed by atoms with E-state index in [-0.39, 0.29) is 47.3 Å². The zero-order valence-electron chi connectivity index (χ0n) is 12.0. The van der Waals surface area contributed by atoms with E-state index in [1.807, 2.05) is 0 Å². The molecule has 117 valence electrons. The molecular formula is C11H14N2NaO6S2. The van der Waals surface area contributed by atoms with Crippen LogP contribution < -0.4 is 0 Å². The first kappa shape index (κ1) is 19.6. The molecule has 2 rings (SSSR count). The first-order valence-corrected chi connectivity index (χ1v) is 8.94. The average molecular weight is 357 g/mol. The Bertz CT molecular complexity index is 875. The minimum atomic E-state index is -4.30. The van der Waals surface area contributed by atoms with Crippen molar-refractivity contribution in [1.82, 2.24) is 9.97 Å². The molecule has 0 bridgehead atoms. The molecule has 1 atom stereocenters. The summed E-state index contributed by atoms with van der Waals surface area (Å²) in [5, 5.41) is -0.918. The van der Waals surface area contributed by atoms with Crippen LogP contribution in [0.2, 0.25) is 0 Å². The number of imidazole rings is 1. The first-order valence-electron chi connectivity index (χ1n) is 6.00. The van der Waals surface area contributed by atoms with Gasteiger partial charge in [-0.1, -0.05) is 0 Å². The fourth-order valence-corrected chi connectivity index (χ4v) is 2.72. The molecule has 1 aromatic carbocycles. The summed E-state index contributed by atoms with van der Waals surface area (Å²) in [6.07, 6.45) is 0.445.